The van der Waals surface area contributed by atoms with Crippen molar-refractivity contribution in [2.75, 3.05) is 0 Å². The zero-order valence-corrected chi connectivity index (χ0v) is 11.5. The van der Waals surface area contributed by atoms with Crippen LogP contribution in [0.25, 0.3) is 0 Å². The summed E-state index contributed by atoms with van der Waals surface area (Å²) in [6.45, 7) is 1.99. The van der Waals surface area contributed by atoms with Crippen LogP contribution in [0.15, 0.2) is 29.6 Å². The predicted molar refractivity (Wildman–Crippen MR) is 75.0 cm³/mol. The second kappa shape index (κ2) is 5.19. The van der Waals surface area contributed by atoms with Crippen molar-refractivity contribution < 1.29 is 0 Å². The van der Waals surface area contributed by atoms with Gasteiger partial charge in [0.1, 0.15) is 0 Å². The molecule has 2 aromatic heterocycles. The van der Waals surface area contributed by atoms with Crippen molar-refractivity contribution in [2.24, 2.45) is 0 Å². The summed E-state index contributed by atoms with van der Waals surface area (Å²) in [5, 5.41) is 10.7. The summed E-state index contributed by atoms with van der Waals surface area (Å²) in [5.41, 5.74) is 2.19. The first-order valence-electron chi connectivity index (χ1n) is 6.66. The molecule has 94 valence electrons. The molecule has 1 fully saturated rings. The Kier molecular flexibility index (Phi) is 3.41. The van der Waals surface area contributed by atoms with Gasteiger partial charge >= 0.3 is 0 Å². The van der Waals surface area contributed by atoms with E-state index in [4.69, 9.17) is 0 Å². The van der Waals surface area contributed by atoms with E-state index in [2.05, 4.69) is 39.8 Å². The standard InChI is InChI=1S/C15H18N2S/c1-11-4-9-14(17-16-11)12-5-7-13(8-6-12)15-3-2-10-18-15/h2-4,9-10,12-13H,5-8H2,1H3. The fourth-order valence-electron chi connectivity index (χ4n) is 2.82. The summed E-state index contributed by atoms with van der Waals surface area (Å²) in [7, 11) is 0. The molecule has 0 spiro atoms. The molecule has 2 nitrogen and oxygen atoms in total. The van der Waals surface area contributed by atoms with Crippen LogP contribution >= 0.6 is 11.3 Å². The normalized spacial score (nSPS) is 24.1. The maximum atomic E-state index is 4.34. The summed E-state index contributed by atoms with van der Waals surface area (Å²) in [6, 6.07) is 8.67. The van der Waals surface area contributed by atoms with Crippen molar-refractivity contribution in [3.05, 3.63) is 45.9 Å². The van der Waals surface area contributed by atoms with Crippen LogP contribution in [0.4, 0.5) is 0 Å². The summed E-state index contributed by atoms with van der Waals surface area (Å²) in [4.78, 5) is 1.56. The van der Waals surface area contributed by atoms with Crippen molar-refractivity contribution >= 4 is 11.3 Å². The number of rotatable bonds is 2. The SMILES string of the molecule is Cc1ccc(C2CCC(c3cccs3)CC2)nn1. The Bertz CT molecular complexity index is 482. The number of thiophene rings is 1. The quantitative estimate of drug-likeness (QED) is 0.803. The van der Waals surface area contributed by atoms with E-state index in [1.165, 1.54) is 31.4 Å². The van der Waals surface area contributed by atoms with Crippen LogP contribution in [0.5, 0.6) is 0 Å². The van der Waals surface area contributed by atoms with Crippen molar-refractivity contribution in [1.29, 1.82) is 0 Å². The molecule has 0 amide bonds. The second-order valence-corrected chi connectivity index (χ2v) is 6.14. The first-order valence-corrected chi connectivity index (χ1v) is 7.54. The molecule has 1 aliphatic carbocycles. The Morgan fingerprint density at radius 3 is 2.39 bits per heavy atom. The van der Waals surface area contributed by atoms with Crippen LogP contribution in [0.2, 0.25) is 0 Å². The Hall–Kier alpha value is -1.22. The molecule has 0 saturated heterocycles. The van der Waals surface area contributed by atoms with E-state index in [-0.39, 0.29) is 0 Å². The van der Waals surface area contributed by atoms with Crippen LogP contribution in [-0.4, -0.2) is 10.2 Å². The predicted octanol–water partition coefficient (Wildman–Crippen LogP) is 4.29. The monoisotopic (exact) mass is 258 g/mol. The number of hydrogen-bond acceptors (Lipinski definition) is 3. The minimum absolute atomic E-state index is 0.620. The lowest BCUT2D eigenvalue weighted by molar-refractivity contribution is 0.392. The molecule has 0 aliphatic heterocycles. The molecular weight excluding hydrogens is 240 g/mol. The molecule has 2 aromatic rings. The highest BCUT2D eigenvalue weighted by Crippen LogP contribution is 2.40. The Labute approximate surface area is 112 Å². The summed E-state index contributed by atoms with van der Waals surface area (Å²) < 4.78 is 0. The molecular formula is C15H18N2S. The van der Waals surface area contributed by atoms with E-state index in [1.54, 1.807) is 4.88 Å². The number of aryl methyl sites for hydroxylation is 1. The van der Waals surface area contributed by atoms with Crippen LogP contribution in [0, 0.1) is 6.92 Å². The van der Waals surface area contributed by atoms with E-state index in [0.717, 1.165) is 11.6 Å². The first-order chi connectivity index (χ1) is 8.83. The molecule has 0 aromatic carbocycles. The second-order valence-electron chi connectivity index (χ2n) is 5.16. The van der Waals surface area contributed by atoms with Crippen molar-refractivity contribution in [1.82, 2.24) is 10.2 Å². The van der Waals surface area contributed by atoms with Gasteiger partial charge in [-0.3, -0.25) is 0 Å². The zero-order chi connectivity index (χ0) is 12.4. The van der Waals surface area contributed by atoms with Gasteiger partial charge in [-0.2, -0.15) is 10.2 Å². The highest BCUT2D eigenvalue weighted by Gasteiger charge is 2.24. The molecule has 0 atom stereocenters. The maximum absolute atomic E-state index is 4.34. The molecule has 2 heterocycles. The highest BCUT2D eigenvalue weighted by atomic mass is 32.1. The van der Waals surface area contributed by atoms with Gasteiger partial charge in [0.25, 0.3) is 0 Å². The molecule has 1 aliphatic rings. The van der Waals surface area contributed by atoms with Crippen LogP contribution in [0.3, 0.4) is 0 Å². The van der Waals surface area contributed by atoms with Gasteiger partial charge in [-0.25, -0.2) is 0 Å². The van der Waals surface area contributed by atoms with Gasteiger partial charge in [0.05, 0.1) is 11.4 Å². The highest BCUT2D eigenvalue weighted by molar-refractivity contribution is 7.10. The van der Waals surface area contributed by atoms with Crippen LogP contribution in [0.1, 0.15) is 53.8 Å². The smallest absolute Gasteiger partial charge is 0.0662 e. The minimum Gasteiger partial charge on any atom is -0.156 e. The Morgan fingerprint density at radius 2 is 1.78 bits per heavy atom. The minimum atomic E-state index is 0.620. The van der Waals surface area contributed by atoms with Crippen LogP contribution in [-0.2, 0) is 0 Å². The fourth-order valence-corrected chi connectivity index (χ4v) is 3.72. The number of nitrogens with zero attached hydrogens (tertiary/aromatic N) is 2. The molecule has 0 bridgehead atoms. The van der Waals surface area contributed by atoms with E-state index in [9.17, 15) is 0 Å². The lowest BCUT2D eigenvalue weighted by Crippen LogP contribution is -2.13. The van der Waals surface area contributed by atoms with E-state index >= 15 is 0 Å². The topological polar surface area (TPSA) is 25.8 Å². The van der Waals surface area contributed by atoms with Crippen molar-refractivity contribution in [3.63, 3.8) is 0 Å². The summed E-state index contributed by atoms with van der Waals surface area (Å²) in [5.74, 6) is 1.40. The van der Waals surface area contributed by atoms with Gasteiger partial charge in [0.2, 0.25) is 0 Å². The van der Waals surface area contributed by atoms with E-state index < -0.39 is 0 Å². The molecule has 0 radical (unpaired) electrons. The Balaban J connectivity index is 1.65. The fraction of sp³-hybridized carbons (Fsp3) is 0.467. The lowest BCUT2D eigenvalue weighted by Gasteiger charge is -2.27. The summed E-state index contributed by atoms with van der Waals surface area (Å²) >= 11 is 1.90. The average Bonchev–Trinajstić information content (AvgIpc) is 2.94. The first kappa shape index (κ1) is 11.8. The maximum Gasteiger partial charge on any atom is 0.0662 e. The number of aromatic nitrogens is 2. The third-order valence-corrected chi connectivity index (χ3v) is 4.94. The summed E-state index contributed by atoms with van der Waals surface area (Å²) in [6.07, 6.45) is 5.09. The van der Waals surface area contributed by atoms with Gasteiger partial charge in [-0.1, -0.05) is 6.07 Å². The average molecular weight is 258 g/mol. The molecule has 1 saturated carbocycles. The molecule has 0 unspecified atom stereocenters. The zero-order valence-electron chi connectivity index (χ0n) is 10.7. The molecule has 3 rings (SSSR count). The van der Waals surface area contributed by atoms with E-state index in [1.807, 2.05) is 18.3 Å². The third kappa shape index (κ3) is 2.46. The number of hydrogen-bond donors (Lipinski definition) is 0. The lowest BCUT2D eigenvalue weighted by atomic mass is 9.80. The Morgan fingerprint density at radius 1 is 1.00 bits per heavy atom. The van der Waals surface area contributed by atoms with Crippen molar-refractivity contribution in [3.8, 4) is 0 Å². The van der Waals surface area contributed by atoms with E-state index in [0.29, 0.717) is 5.92 Å². The van der Waals surface area contributed by atoms with Gasteiger partial charge < -0.3 is 0 Å². The van der Waals surface area contributed by atoms with Gasteiger partial charge in [-0.05, 0) is 62.1 Å². The van der Waals surface area contributed by atoms with Crippen LogP contribution < -0.4 is 0 Å². The molecule has 0 N–H and O–H groups in total. The largest absolute Gasteiger partial charge is 0.156 e. The molecule has 3 heteroatoms. The van der Waals surface area contributed by atoms with Gasteiger partial charge in [0, 0.05) is 10.8 Å². The van der Waals surface area contributed by atoms with Gasteiger partial charge in [-0.15, -0.1) is 11.3 Å². The van der Waals surface area contributed by atoms with Gasteiger partial charge in [0.15, 0.2) is 0 Å². The third-order valence-electron chi connectivity index (χ3n) is 3.91. The van der Waals surface area contributed by atoms with Crippen molar-refractivity contribution in [2.45, 2.75) is 44.4 Å². The molecule has 18 heavy (non-hydrogen) atoms.